The van der Waals surface area contributed by atoms with Gasteiger partial charge in [-0.2, -0.15) is 5.26 Å². The van der Waals surface area contributed by atoms with Crippen LogP contribution in [0.1, 0.15) is 18.9 Å². The number of carbonyl (C=O) groups is 1. The van der Waals surface area contributed by atoms with Gasteiger partial charge in [0.05, 0.1) is 11.6 Å². The van der Waals surface area contributed by atoms with Crippen molar-refractivity contribution in [3.8, 4) is 6.07 Å². The minimum Gasteiger partial charge on any atom is -0.481 e. The molecule has 0 aliphatic heterocycles. The first-order chi connectivity index (χ1) is 7.61. The van der Waals surface area contributed by atoms with Crippen molar-refractivity contribution in [2.24, 2.45) is 5.92 Å². The van der Waals surface area contributed by atoms with Crippen LogP contribution >= 0.6 is 0 Å². The van der Waals surface area contributed by atoms with Crippen molar-refractivity contribution in [3.63, 3.8) is 0 Å². The summed E-state index contributed by atoms with van der Waals surface area (Å²) in [5.41, 5.74) is 0.531. The summed E-state index contributed by atoms with van der Waals surface area (Å²) in [6.45, 7) is 2.36. The summed E-state index contributed by atoms with van der Waals surface area (Å²) in [5, 5.41) is 20.3. The lowest BCUT2D eigenvalue weighted by molar-refractivity contribution is -0.137. The van der Waals surface area contributed by atoms with Gasteiger partial charge in [-0.1, -0.05) is 6.92 Å². The molecule has 0 amide bonds. The van der Waals surface area contributed by atoms with Crippen LogP contribution in [0.25, 0.3) is 0 Å². The molecule has 0 saturated carbocycles. The van der Waals surface area contributed by atoms with Crippen LogP contribution in [-0.2, 0) is 4.79 Å². The number of nitrogens with one attached hydrogen (secondary N) is 1. The van der Waals surface area contributed by atoms with E-state index in [2.05, 4.69) is 10.3 Å². The first kappa shape index (κ1) is 12.0. The lowest BCUT2D eigenvalue weighted by atomic mass is 10.1. The first-order valence-corrected chi connectivity index (χ1v) is 4.93. The van der Waals surface area contributed by atoms with Crippen molar-refractivity contribution >= 4 is 11.8 Å². The molecule has 5 heteroatoms. The van der Waals surface area contributed by atoms with E-state index in [-0.39, 0.29) is 12.3 Å². The molecule has 1 rings (SSSR count). The summed E-state index contributed by atoms with van der Waals surface area (Å²) in [6.07, 6.45) is 1.66. The number of carboxylic acids is 1. The molecular weight excluding hydrogens is 206 g/mol. The second-order valence-corrected chi connectivity index (χ2v) is 3.63. The molecule has 1 atom stereocenters. The van der Waals surface area contributed by atoms with Crippen LogP contribution in [0.2, 0.25) is 0 Å². The maximum atomic E-state index is 10.4. The third-order valence-corrected chi connectivity index (χ3v) is 2.04. The van der Waals surface area contributed by atoms with E-state index in [1.54, 1.807) is 18.3 Å². The van der Waals surface area contributed by atoms with E-state index in [1.807, 2.05) is 13.0 Å². The highest BCUT2D eigenvalue weighted by atomic mass is 16.4. The van der Waals surface area contributed by atoms with E-state index in [9.17, 15) is 4.79 Å². The van der Waals surface area contributed by atoms with Gasteiger partial charge in [-0.3, -0.25) is 4.79 Å². The van der Waals surface area contributed by atoms with E-state index < -0.39 is 5.97 Å². The summed E-state index contributed by atoms with van der Waals surface area (Å²) in [7, 11) is 0. The van der Waals surface area contributed by atoms with Gasteiger partial charge in [0.25, 0.3) is 0 Å². The van der Waals surface area contributed by atoms with E-state index in [1.165, 1.54) is 0 Å². The van der Waals surface area contributed by atoms with Crippen molar-refractivity contribution in [1.82, 2.24) is 4.98 Å². The smallest absolute Gasteiger partial charge is 0.303 e. The van der Waals surface area contributed by atoms with Crippen LogP contribution in [-0.4, -0.2) is 22.6 Å². The van der Waals surface area contributed by atoms with Crippen LogP contribution in [0.4, 0.5) is 5.82 Å². The molecule has 5 nitrogen and oxygen atoms in total. The SMILES string of the molecule is CC(CNc1cc(C#N)ccn1)CC(=O)O. The number of nitriles is 1. The standard InChI is InChI=1S/C11H13N3O2/c1-8(4-11(15)16)7-14-10-5-9(6-12)2-3-13-10/h2-3,5,8H,4,7H2,1H3,(H,13,14)(H,15,16). The second kappa shape index (κ2) is 5.71. The topological polar surface area (TPSA) is 86.0 Å². The Morgan fingerprint density at radius 2 is 2.50 bits per heavy atom. The van der Waals surface area contributed by atoms with Crippen LogP contribution in [0, 0.1) is 17.2 Å². The number of nitrogens with zero attached hydrogens (tertiary/aromatic N) is 2. The number of hydrogen-bond donors (Lipinski definition) is 2. The van der Waals surface area contributed by atoms with Gasteiger partial charge in [0.15, 0.2) is 0 Å². The minimum atomic E-state index is -0.812. The van der Waals surface area contributed by atoms with Gasteiger partial charge in [-0.25, -0.2) is 4.98 Å². The fourth-order valence-electron chi connectivity index (χ4n) is 1.25. The van der Waals surface area contributed by atoms with Gasteiger partial charge < -0.3 is 10.4 Å². The summed E-state index contributed by atoms with van der Waals surface area (Å²) >= 11 is 0. The predicted octanol–water partition coefficient (Wildman–Crippen LogP) is 1.48. The monoisotopic (exact) mass is 219 g/mol. The molecule has 0 fully saturated rings. The normalized spacial score (nSPS) is 11.5. The maximum absolute atomic E-state index is 10.4. The van der Waals surface area contributed by atoms with Crippen LogP contribution in [0.3, 0.4) is 0 Å². The number of carboxylic acid groups (broad SMARTS) is 1. The summed E-state index contributed by atoms with van der Waals surface area (Å²) in [5.74, 6) is -0.200. The summed E-state index contributed by atoms with van der Waals surface area (Å²) in [4.78, 5) is 14.5. The summed E-state index contributed by atoms with van der Waals surface area (Å²) in [6, 6.07) is 5.26. The molecule has 1 heterocycles. The Bertz CT molecular complexity index is 412. The van der Waals surface area contributed by atoms with Crippen LogP contribution < -0.4 is 5.32 Å². The quantitative estimate of drug-likeness (QED) is 0.783. The van der Waals surface area contributed by atoms with Gasteiger partial charge >= 0.3 is 5.97 Å². The zero-order chi connectivity index (χ0) is 12.0. The lowest BCUT2D eigenvalue weighted by Crippen LogP contribution is -2.15. The number of anilines is 1. The van der Waals surface area contributed by atoms with E-state index in [0.29, 0.717) is 17.9 Å². The van der Waals surface area contributed by atoms with Crippen molar-refractivity contribution < 1.29 is 9.90 Å². The molecule has 0 saturated heterocycles. The Kier molecular flexibility index (Phi) is 4.28. The van der Waals surface area contributed by atoms with Crippen LogP contribution in [0.15, 0.2) is 18.3 Å². The van der Waals surface area contributed by atoms with Crippen LogP contribution in [0.5, 0.6) is 0 Å². The van der Waals surface area contributed by atoms with Gasteiger partial charge in [-0.15, -0.1) is 0 Å². The van der Waals surface area contributed by atoms with E-state index in [0.717, 1.165) is 0 Å². The molecule has 84 valence electrons. The summed E-state index contributed by atoms with van der Waals surface area (Å²) < 4.78 is 0. The lowest BCUT2D eigenvalue weighted by Gasteiger charge is -2.10. The highest BCUT2D eigenvalue weighted by Crippen LogP contribution is 2.08. The Balaban J connectivity index is 2.48. The number of aliphatic carboxylic acids is 1. The molecule has 0 aliphatic rings. The minimum absolute atomic E-state index is 0.0186. The Morgan fingerprint density at radius 3 is 3.12 bits per heavy atom. The average molecular weight is 219 g/mol. The zero-order valence-electron chi connectivity index (χ0n) is 8.97. The number of rotatable bonds is 5. The molecule has 1 unspecified atom stereocenters. The Morgan fingerprint density at radius 1 is 1.75 bits per heavy atom. The number of hydrogen-bond acceptors (Lipinski definition) is 4. The molecule has 16 heavy (non-hydrogen) atoms. The van der Waals surface area contributed by atoms with Crippen molar-refractivity contribution in [3.05, 3.63) is 23.9 Å². The van der Waals surface area contributed by atoms with Gasteiger partial charge in [0, 0.05) is 19.2 Å². The molecule has 0 aliphatic carbocycles. The van der Waals surface area contributed by atoms with Gasteiger partial charge in [-0.05, 0) is 18.1 Å². The first-order valence-electron chi connectivity index (χ1n) is 4.93. The highest BCUT2D eigenvalue weighted by molar-refractivity contribution is 5.67. The highest BCUT2D eigenvalue weighted by Gasteiger charge is 2.07. The zero-order valence-corrected chi connectivity index (χ0v) is 8.97. The average Bonchev–Trinajstić information content (AvgIpc) is 2.26. The molecule has 0 radical (unpaired) electrons. The van der Waals surface area contributed by atoms with E-state index in [4.69, 9.17) is 10.4 Å². The molecule has 1 aromatic rings. The molecule has 0 bridgehead atoms. The van der Waals surface area contributed by atoms with Crippen molar-refractivity contribution in [2.45, 2.75) is 13.3 Å². The third kappa shape index (κ3) is 3.96. The molecule has 0 spiro atoms. The number of aromatic nitrogens is 1. The third-order valence-electron chi connectivity index (χ3n) is 2.04. The Labute approximate surface area is 93.7 Å². The largest absolute Gasteiger partial charge is 0.481 e. The fraction of sp³-hybridized carbons (Fsp3) is 0.364. The van der Waals surface area contributed by atoms with Gasteiger partial charge in [0.1, 0.15) is 5.82 Å². The predicted molar refractivity (Wildman–Crippen MR) is 58.9 cm³/mol. The molecule has 2 N–H and O–H groups in total. The molecule has 1 aromatic heterocycles. The molecule has 0 aromatic carbocycles. The molecular formula is C11H13N3O2. The number of pyridine rings is 1. The van der Waals surface area contributed by atoms with E-state index >= 15 is 0 Å². The van der Waals surface area contributed by atoms with Crippen molar-refractivity contribution in [1.29, 1.82) is 5.26 Å². The second-order valence-electron chi connectivity index (χ2n) is 3.63. The Hall–Kier alpha value is -2.09. The van der Waals surface area contributed by atoms with Gasteiger partial charge in [0.2, 0.25) is 0 Å². The van der Waals surface area contributed by atoms with Crippen molar-refractivity contribution in [2.75, 3.05) is 11.9 Å². The fourth-order valence-corrected chi connectivity index (χ4v) is 1.25. The maximum Gasteiger partial charge on any atom is 0.303 e.